The van der Waals surface area contributed by atoms with Crippen LogP contribution in [0.1, 0.15) is 90.9 Å². The summed E-state index contributed by atoms with van der Waals surface area (Å²) in [5.74, 6) is -3.30. The molecule has 13 heteroatoms. The fraction of sp³-hybridized carbons (Fsp3) is 0.615. The summed E-state index contributed by atoms with van der Waals surface area (Å²) >= 11 is 0. The number of halogens is 2. The Bertz CT molecular complexity index is 1360. The van der Waals surface area contributed by atoms with Crippen molar-refractivity contribution >= 4 is 17.5 Å². The molecule has 3 aliphatic rings. The second-order valence-corrected chi connectivity index (χ2v) is 11.0. The van der Waals surface area contributed by atoms with Crippen molar-refractivity contribution in [2.75, 3.05) is 6.61 Å². The van der Waals surface area contributed by atoms with E-state index < -0.39 is 17.9 Å². The smallest absolute Gasteiger partial charge is 0.276 e. The lowest BCUT2D eigenvalue weighted by molar-refractivity contribution is -0.127. The van der Waals surface area contributed by atoms with Gasteiger partial charge in [-0.3, -0.25) is 9.59 Å². The highest BCUT2D eigenvalue weighted by Crippen LogP contribution is 2.42. The Labute approximate surface area is 223 Å². The van der Waals surface area contributed by atoms with Gasteiger partial charge in [0.05, 0.1) is 36.3 Å². The molecule has 3 aromatic rings. The lowest BCUT2D eigenvalue weighted by Crippen LogP contribution is -2.37. The summed E-state index contributed by atoms with van der Waals surface area (Å²) in [6, 6.07) is 1.05. The van der Waals surface area contributed by atoms with Gasteiger partial charge < -0.3 is 15.4 Å². The van der Waals surface area contributed by atoms with Crippen LogP contribution in [0.3, 0.4) is 0 Å². The molecule has 3 aromatic heterocycles. The van der Waals surface area contributed by atoms with Crippen molar-refractivity contribution in [3.8, 4) is 0 Å². The van der Waals surface area contributed by atoms with Gasteiger partial charge in [-0.05, 0) is 74.1 Å². The summed E-state index contributed by atoms with van der Waals surface area (Å²) in [6.07, 6.45) is 7.61. The average Bonchev–Trinajstić information content (AvgIpc) is 3.83. The van der Waals surface area contributed by atoms with Gasteiger partial charge in [-0.25, -0.2) is 22.9 Å². The number of aryl methyl sites for hydroxylation is 1. The first-order valence-electron chi connectivity index (χ1n) is 13.5. The summed E-state index contributed by atoms with van der Waals surface area (Å²) in [4.78, 5) is 30.3. The van der Waals surface area contributed by atoms with E-state index in [0.717, 1.165) is 31.2 Å². The number of rotatable bonds is 10. The SMILES string of the molecule is Cc1nonc1C(=O)N[C@H](c1cn2ncc(C(NC(=O)COC3CC3)C3CC3)cc2n1)C1CCC(F)(F)CC1. The number of alkyl halides is 2. The number of nitrogens with one attached hydrogen (secondary N) is 2. The number of amides is 2. The Balaban J connectivity index is 1.25. The van der Waals surface area contributed by atoms with Crippen LogP contribution in [-0.2, 0) is 9.53 Å². The molecule has 3 aliphatic carbocycles. The number of hydrogen-bond donors (Lipinski definition) is 2. The molecule has 0 saturated heterocycles. The zero-order valence-corrected chi connectivity index (χ0v) is 21.6. The molecule has 2 amide bonds. The fourth-order valence-electron chi connectivity index (χ4n) is 5.25. The molecule has 0 radical (unpaired) electrons. The third-order valence-corrected chi connectivity index (χ3v) is 7.81. The third-order valence-electron chi connectivity index (χ3n) is 7.81. The first kappa shape index (κ1) is 25.8. The highest BCUT2D eigenvalue weighted by molar-refractivity contribution is 5.93. The van der Waals surface area contributed by atoms with E-state index in [-0.39, 0.29) is 62.0 Å². The molecule has 2 atom stereocenters. The van der Waals surface area contributed by atoms with Crippen molar-refractivity contribution in [3.05, 3.63) is 41.1 Å². The van der Waals surface area contributed by atoms with Crippen molar-refractivity contribution in [1.82, 2.24) is 35.5 Å². The first-order chi connectivity index (χ1) is 18.8. The topological polar surface area (TPSA) is 137 Å². The number of carbonyl (C=O) groups is 2. The molecule has 3 heterocycles. The zero-order valence-electron chi connectivity index (χ0n) is 21.6. The van der Waals surface area contributed by atoms with E-state index in [1.165, 1.54) is 0 Å². The van der Waals surface area contributed by atoms with Crippen molar-refractivity contribution in [1.29, 1.82) is 0 Å². The van der Waals surface area contributed by atoms with Crippen LogP contribution in [0.2, 0.25) is 0 Å². The quantitative estimate of drug-likeness (QED) is 0.397. The monoisotopic (exact) mass is 543 g/mol. The number of nitrogens with zero attached hydrogens (tertiary/aromatic N) is 5. The molecule has 3 saturated carbocycles. The lowest BCUT2D eigenvalue weighted by Gasteiger charge is -2.33. The van der Waals surface area contributed by atoms with Gasteiger partial charge in [-0.15, -0.1) is 0 Å². The molecule has 39 heavy (non-hydrogen) atoms. The maximum absolute atomic E-state index is 13.9. The van der Waals surface area contributed by atoms with E-state index in [9.17, 15) is 18.4 Å². The summed E-state index contributed by atoms with van der Waals surface area (Å²) in [6.45, 7) is 1.64. The molecule has 0 bridgehead atoms. The second kappa shape index (κ2) is 10.2. The standard InChI is InChI=1S/C26H31F2N7O4/c1-14-22(34-39-33-14)25(37)32-24(16-6-8-26(27,28)9-7-16)19-12-35-20(30-19)10-17(11-29-35)23(15-2-3-15)31-21(36)13-38-18-4-5-18/h10-12,15-16,18,23-24H,2-9,13H2,1H3,(H,31,36)(H,32,37)/t23?,24-/m0/s1. The van der Waals surface area contributed by atoms with Crippen molar-refractivity contribution in [3.63, 3.8) is 0 Å². The number of fused-ring (bicyclic) bond motifs is 1. The molecule has 0 aromatic carbocycles. The minimum Gasteiger partial charge on any atom is -0.368 e. The van der Waals surface area contributed by atoms with E-state index in [1.54, 1.807) is 23.8 Å². The van der Waals surface area contributed by atoms with Crippen molar-refractivity contribution in [2.45, 2.75) is 82.4 Å². The second-order valence-electron chi connectivity index (χ2n) is 11.0. The van der Waals surface area contributed by atoms with Crippen molar-refractivity contribution in [2.24, 2.45) is 11.8 Å². The maximum Gasteiger partial charge on any atom is 0.276 e. The summed E-state index contributed by atoms with van der Waals surface area (Å²) < 4.78 is 39.7. The Kier molecular flexibility index (Phi) is 6.77. The predicted octanol–water partition coefficient (Wildman–Crippen LogP) is 3.46. The van der Waals surface area contributed by atoms with E-state index >= 15 is 0 Å². The van der Waals surface area contributed by atoms with Gasteiger partial charge in [0.25, 0.3) is 5.91 Å². The van der Waals surface area contributed by atoms with Crippen LogP contribution in [0, 0.1) is 18.8 Å². The van der Waals surface area contributed by atoms with E-state index in [4.69, 9.17) is 9.72 Å². The fourth-order valence-corrected chi connectivity index (χ4v) is 5.25. The van der Waals surface area contributed by atoms with Crippen LogP contribution in [0.15, 0.2) is 23.1 Å². The van der Waals surface area contributed by atoms with Gasteiger partial charge in [0.15, 0.2) is 11.3 Å². The van der Waals surface area contributed by atoms with E-state index in [1.807, 2.05) is 6.07 Å². The Morgan fingerprint density at radius 2 is 1.85 bits per heavy atom. The number of carbonyl (C=O) groups excluding carboxylic acids is 2. The Morgan fingerprint density at radius 1 is 1.10 bits per heavy atom. The van der Waals surface area contributed by atoms with E-state index in [0.29, 0.717) is 23.0 Å². The Morgan fingerprint density at radius 3 is 2.51 bits per heavy atom. The molecule has 11 nitrogen and oxygen atoms in total. The van der Waals surface area contributed by atoms with Crippen LogP contribution in [0.25, 0.3) is 5.65 Å². The van der Waals surface area contributed by atoms with Gasteiger partial charge in [0.2, 0.25) is 11.8 Å². The molecule has 0 spiro atoms. The van der Waals surface area contributed by atoms with Crippen LogP contribution in [-0.4, -0.2) is 55.4 Å². The minimum absolute atomic E-state index is 0.0407. The molecule has 3 fully saturated rings. The van der Waals surface area contributed by atoms with Gasteiger partial charge in [-0.2, -0.15) is 5.10 Å². The van der Waals surface area contributed by atoms with E-state index in [2.05, 4.69) is 30.7 Å². The molecule has 6 rings (SSSR count). The summed E-state index contributed by atoms with van der Waals surface area (Å²) in [7, 11) is 0. The van der Waals surface area contributed by atoms with Crippen LogP contribution in [0.5, 0.6) is 0 Å². The first-order valence-corrected chi connectivity index (χ1v) is 13.5. The largest absolute Gasteiger partial charge is 0.368 e. The van der Waals surface area contributed by atoms with Crippen LogP contribution >= 0.6 is 0 Å². The number of imidazole rings is 1. The molecule has 1 unspecified atom stereocenters. The zero-order chi connectivity index (χ0) is 27.1. The van der Waals surface area contributed by atoms with Crippen LogP contribution < -0.4 is 10.6 Å². The summed E-state index contributed by atoms with van der Waals surface area (Å²) in [5.41, 5.74) is 2.26. The third kappa shape index (κ3) is 5.92. The maximum atomic E-state index is 13.9. The minimum atomic E-state index is -2.71. The number of hydrogen-bond acceptors (Lipinski definition) is 8. The molecule has 0 aliphatic heterocycles. The molecular weight excluding hydrogens is 512 g/mol. The Hall–Kier alpha value is -3.48. The van der Waals surface area contributed by atoms with Gasteiger partial charge in [0, 0.05) is 12.8 Å². The van der Waals surface area contributed by atoms with Gasteiger partial charge in [0.1, 0.15) is 12.3 Å². The average molecular weight is 544 g/mol. The van der Waals surface area contributed by atoms with Crippen LogP contribution in [0.4, 0.5) is 8.78 Å². The molecule has 208 valence electrons. The molecular formula is C26H31F2N7O4. The highest BCUT2D eigenvalue weighted by Gasteiger charge is 2.40. The van der Waals surface area contributed by atoms with Crippen molar-refractivity contribution < 1.29 is 27.7 Å². The molecule has 2 N–H and O–H groups in total. The lowest BCUT2D eigenvalue weighted by atomic mass is 9.81. The van der Waals surface area contributed by atoms with Gasteiger partial charge in [-0.1, -0.05) is 5.16 Å². The normalized spacial score (nSPS) is 21.0. The predicted molar refractivity (Wildman–Crippen MR) is 132 cm³/mol. The highest BCUT2D eigenvalue weighted by atomic mass is 19.3. The number of aromatic nitrogens is 5. The van der Waals surface area contributed by atoms with Gasteiger partial charge >= 0.3 is 0 Å². The number of ether oxygens (including phenoxy) is 1. The summed E-state index contributed by atoms with van der Waals surface area (Å²) in [5, 5.41) is 17.9.